The van der Waals surface area contributed by atoms with E-state index in [1.54, 1.807) is 21.9 Å². The van der Waals surface area contributed by atoms with Crippen molar-refractivity contribution in [2.24, 2.45) is 0 Å². The van der Waals surface area contributed by atoms with Crippen LogP contribution in [-0.4, -0.2) is 39.6 Å². The van der Waals surface area contributed by atoms with Crippen LogP contribution in [0.15, 0.2) is 102 Å². The molecule has 0 spiro atoms. The molecule has 0 N–H and O–H groups in total. The molecule has 2 heterocycles. The zero-order valence-corrected chi connectivity index (χ0v) is 21.6. The molecule has 188 valence electrons. The number of hydrogen-bond acceptors (Lipinski definition) is 3. The van der Waals surface area contributed by atoms with Gasteiger partial charge in [0, 0.05) is 17.1 Å². The molecule has 3 aromatic carbocycles. The Bertz CT molecular complexity index is 1400. The van der Waals surface area contributed by atoms with Crippen molar-refractivity contribution in [3.05, 3.63) is 114 Å². The molecule has 5 rings (SSSR count). The number of carbonyl (C=O) groups is 2. The SMILES string of the molecule is CC(C)N(CC(=O)N1c2ccccc2-n2cccc2C1c1ccc(F)cc1)C(=O)CSc1ccccc1. The van der Waals surface area contributed by atoms with Crippen LogP contribution >= 0.6 is 11.8 Å². The van der Waals surface area contributed by atoms with Gasteiger partial charge in [-0.15, -0.1) is 11.8 Å². The van der Waals surface area contributed by atoms with E-state index in [2.05, 4.69) is 4.57 Å². The number of benzene rings is 3. The summed E-state index contributed by atoms with van der Waals surface area (Å²) in [7, 11) is 0. The molecule has 0 radical (unpaired) electrons. The molecule has 1 aliphatic heterocycles. The summed E-state index contributed by atoms with van der Waals surface area (Å²) in [5.41, 5.74) is 3.34. The minimum absolute atomic E-state index is 0.0570. The van der Waals surface area contributed by atoms with Crippen molar-refractivity contribution in [1.82, 2.24) is 9.47 Å². The van der Waals surface area contributed by atoms with E-state index in [0.29, 0.717) is 0 Å². The lowest BCUT2D eigenvalue weighted by molar-refractivity contribution is -0.134. The number of aromatic nitrogens is 1. The molecule has 1 unspecified atom stereocenters. The third kappa shape index (κ3) is 5.04. The Kier molecular flexibility index (Phi) is 7.15. The first-order chi connectivity index (χ1) is 17.9. The van der Waals surface area contributed by atoms with Gasteiger partial charge >= 0.3 is 0 Å². The van der Waals surface area contributed by atoms with Crippen molar-refractivity contribution >= 4 is 29.3 Å². The monoisotopic (exact) mass is 513 g/mol. The fourth-order valence-electron chi connectivity index (χ4n) is 4.75. The van der Waals surface area contributed by atoms with Crippen LogP contribution in [0.1, 0.15) is 31.1 Å². The van der Waals surface area contributed by atoms with Gasteiger partial charge < -0.3 is 9.47 Å². The highest BCUT2D eigenvalue weighted by molar-refractivity contribution is 8.00. The molecule has 1 aromatic heterocycles. The number of rotatable bonds is 7. The summed E-state index contributed by atoms with van der Waals surface area (Å²) in [5, 5.41) is 0. The maximum absolute atomic E-state index is 14.1. The predicted octanol–water partition coefficient (Wildman–Crippen LogP) is 6.08. The second-order valence-corrected chi connectivity index (χ2v) is 10.3. The van der Waals surface area contributed by atoms with Gasteiger partial charge in [-0.3, -0.25) is 14.5 Å². The predicted molar refractivity (Wildman–Crippen MR) is 146 cm³/mol. The van der Waals surface area contributed by atoms with Gasteiger partial charge in [-0.1, -0.05) is 42.5 Å². The topological polar surface area (TPSA) is 45.6 Å². The number of thioether (sulfide) groups is 1. The fourth-order valence-corrected chi connectivity index (χ4v) is 5.55. The van der Waals surface area contributed by atoms with Crippen LogP contribution in [0.2, 0.25) is 0 Å². The number of hydrogen-bond donors (Lipinski definition) is 0. The quantitative estimate of drug-likeness (QED) is 0.281. The lowest BCUT2D eigenvalue weighted by atomic mass is 9.97. The molecule has 37 heavy (non-hydrogen) atoms. The Labute approximate surface area is 220 Å². The standard InChI is InChI=1S/C30H28FN3O2S/c1-21(2)33(29(36)20-37-24-9-4-3-5-10-24)19-28(35)34-26-12-7-6-11-25(26)32-18-8-13-27(32)30(34)22-14-16-23(31)17-15-22/h3-18,21,30H,19-20H2,1-2H3. The summed E-state index contributed by atoms with van der Waals surface area (Å²) in [6.07, 6.45) is 1.97. The van der Waals surface area contributed by atoms with E-state index in [9.17, 15) is 14.0 Å². The maximum atomic E-state index is 14.1. The highest BCUT2D eigenvalue weighted by Gasteiger charge is 2.37. The zero-order valence-electron chi connectivity index (χ0n) is 20.8. The van der Waals surface area contributed by atoms with Crippen LogP contribution in [0.5, 0.6) is 0 Å². The van der Waals surface area contributed by atoms with Gasteiger partial charge in [-0.05, 0) is 67.9 Å². The van der Waals surface area contributed by atoms with E-state index >= 15 is 0 Å². The van der Waals surface area contributed by atoms with Gasteiger partial charge in [0.2, 0.25) is 11.8 Å². The number of para-hydroxylation sites is 2. The second-order valence-electron chi connectivity index (χ2n) is 9.23. The van der Waals surface area contributed by atoms with E-state index in [-0.39, 0.29) is 36.0 Å². The van der Waals surface area contributed by atoms with Crippen LogP contribution in [0.4, 0.5) is 10.1 Å². The molecule has 0 aliphatic carbocycles. The van der Waals surface area contributed by atoms with Gasteiger partial charge in [0.05, 0.1) is 22.8 Å². The van der Waals surface area contributed by atoms with E-state index in [1.165, 1.54) is 23.9 Å². The Morgan fingerprint density at radius 3 is 2.27 bits per heavy atom. The zero-order chi connectivity index (χ0) is 25.9. The number of anilines is 1. The van der Waals surface area contributed by atoms with E-state index in [4.69, 9.17) is 0 Å². The molecular formula is C30H28FN3O2S. The molecule has 0 saturated carbocycles. The summed E-state index contributed by atoms with van der Waals surface area (Å²) >= 11 is 1.46. The van der Waals surface area contributed by atoms with Crippen LogP contribution < -0.4 is 4.90 Å². The summed E-state index contributed by atoms with van der Waals surface area (Å²) in [6, 6.07) is 27.1. The van der Waals surface area contributed by atoms with Crippen molar-refractivity contribution < 1.29 is 14.0 Å². The Morgan fingerprint density at radius 2 is 1.57 bits per heavy atom. The first-order valence-electron chi connectivity index (χ1n) is 12.3. The van der Waals surface area contributed by atoms with Gasteiger partial charge in [-0.2, -0.15) is 0 Å². The van der Waals surface area contributed by atoms with Crippen LogP contribution in [0.3, 0.4) is 0 Å². The van der Waals surface area contributed by atoms with Gasteiger partial charge in [0.1, 0.15) is 18.4 Å². The number of amides is 2. The van der Waals surface area contributed by atoms with E-state index in [0.717, 1.165) is 27.5 Å². The third-order valence-corrected chi connectivity index (χ3v) is 7.53. The Balaban J connectivity index is 1.47. The molecule has 1 aliphatic rings. The molecule has 0 saturated heterocycles. The first kappa shape index (κ1) is 24.8. The van der Waals surface area contributed by atoms with Crippen LogP contribution in [0.25, 0.3) is 5.69 Å². The fraction of sp³-hybridized carbons (Fsp3) is 0.200. The number of fused-ring (bicyclic) bond motifs is 3. The molecule has 5 nitrogen and oxygen atoms in total. The summed E-state index contributed by atoms with van der Waals surface area (Å²) in [6.45, 7) is 3.79. The van der Waals surface area contributed by atoms with Crippen molar-refractivity contribution in [1.29, 1.82) is 0 Å². The molecule has 4 aromatic rings. The minimum atomic E-state index is -0.458. The van der Waals surface area contributed by atoms with Gasteiger partial charge in [-0.25, -0.2) is 4.39 Å². The average Bonchev–Trinajstić information content (AvgIpc) is 3.40. The minimum Gasteiger partial charge on any atom is -0.330 e. The average molecular weight is 514 g/mol. The largest absolute Gasteiger partial charge is 0.330 e. The lowest BCUT2D eigenvalue weighted by Gasteiger charge is -2.40. The Hall–Kier alpha value is -3.84. The van der Waals surface area contributed by atoms with Crippen LogP contribution in [-0.2, 0) is 9.59 Å². The van der Waals surface area contributed by atoms with Crippen molar-refractivity contribution in [2.45, 2.75) is 30.8 Å². The second kappa shape index (κ2) is 10.6. The van der Waals surface area contributed by atoms with Crippen molar-refractivity contribution in [2.75, 3.05) is 17.2 Å². The molecule has 2 amide bonds. The van der Waals surface area contributed by atoms with E-state index in [1.807, 2.05) is 86.8 Å². The third-order valence-electron chi connectivity index (χ3n) is 6.53. The summed E-state index contributed by atoms with van der Waals surface area (Å²) in [4.78, 5) is 31.7. The highest BCUT2D eigenvalue weighted by atomic mass is 32.2. The lowest BCUT2D eigenvalue weighted by Crippen LogP contribution is -2.49. The molecular weight excluding hydrogens is 485 g/mol. The molecule has 0 bridgehead atoms. The first-order valence-corrected chi connectivity index (χ1v) is 13.2. The van der Waals surface area contributed by atoms with Gasteiger partial charge in [0.15, 0.2) is 0 Å². The molecule has 1 atom stereocenters. The van der Waals surface area contributed by atoms with Crippen molar-refractivity contribution in [3.63, 3.8) is 0 Å². The van der Waals surface area contributed by atoms with E-state index < -0.39 is 6.04 Å². The smallest absolute Gasteiger partial charge is 0.247 e. The Morgan fingerprint density at radius 1 is 0.892 bits per heavy atom. The maximum Gasteiger partial charge on any atom is 0.247 e. The normalized spacial score (nSPS) is 14.3. The molecule has 0 fully saturated rings. The summed E-state index contributed by atoms with van der Waals surface area (Å²) < 4.78 is 15.9. The number of carbonyl (C=O) groups excluding carboxylic acids is 2. The molecule has 7 heteroatoms. The van der Waals surface area contributed by atoms with Crippen LogP contribution in [0, 0.1) is 5.82 Å². The van der Waals surface area contributed by atoms with Gasteiger partial charge in [0.25, 0.3) is 0 Å². The number of halogens is 1. The highest BCUT2D eigenvalue weighted by Crippen LogP contribution is 2.42. The number of nitrogens with zero attached hydrogens (tertiary/aromatic N) is 3. The summed E-state index contributed by atoms with van der Waals surface area (Å²) in [5.74, 6) is -0.373. The van der Waals surface area contributed by atoms with Crippen molar-refractivity contribution in [3.8, 4) is 5.69 Å².